The van der Waals surface area contributed by atoms with E-state index in [0.29, 0.717) is 23.7 Å². The molecule has 6 nitrogen and oxygen atoms in total. The van der Waals surface area contributed by atoms with Gasteiger partial charge in [-0.1, -0.05) is 0 Å². The number of rotatable bonds is 8. The van der Waals surface area contributed by atoms with Gasteiger partial charge in [-0.25, -0.2) is 4.39 Å². The summed E-state index contributed by atoms with van der Waals surface area (Å²) >= 11 is 0. The van der Waals surface area contributed by atoms with Crippen LogP contribution in [0.2, 0.25) is 0 Å². The second-order valence-corrected chi connectivity index (χ2v) is 6.34. The van der Waals surface area contributed by atoms with Crippen LogP contribution in [0.1, 0.15) is 12.0 Å². The van der Waals surface area contributed by atoms with Crippen LogP contribution in [0.15, 0.2) is 54.9 Å². The van der Waals surface area contributed by atoms with E-state index < -0.39 is 5.82 Å². The van der Waals surface area contributed by atoms with E-state index in [1.807, 2.05) is 29.1 Å². The van der Waals surface area contributed by atoms with Crippen LogP contribution in [0, 0.1) is 5.82 Å². The van der Waals surface area contributed by atoms with Crippen molar-refractivity contribution < 1.29 is 23.4 Å². The van der Waals surface area contributed by atoms with Gasteiger partial charge in [-0.2, -0.15) is 0 Å². The number of hydrogen-bond acceptors (Lipinski definition) is 4. The summed E-state index contributed by atoms with van der Waals surface area (Å²) in [6.07, 6.45) is 4.31. The molecule has 3 rings (SSSR count). The average Bonchev–Trinajstić information content (AvgIpc) is 3.27. The number of anilines is 1. The summed E-state index contributed by atoms with van der Waals surface area (Å²) in [5, 5.41) is 2.65. The molecular weight excluding hydrogens is 375 g/mol. The van der Waals surface area contributed by atoms with Crippen LogP contribution in [-0.4, -0.2) is 31.8 Å². The third-order valence-corrected chi connectivity index (χ3v) is 4.49. The van der Waals surface area contributed by atoms with Gasteiger partial charge in [0.2, 0.25) is 11.7 Å². The van der Waals surface area contributed by atoms with Gasteiger partial charge in [0.15, 0.2) is 11.5 Å². The Kier molecular flexibility index (Phi) is 6.39. The minimum atomic E-state index is -0.484. The summed E-state index contributed by atoms with van der Waals surface area (Å²) in [6.45, 7) is 0. The number of aromatic nitrogens is 1. The number of ether oxygens (including phenoxy) is 3. The fourth-order valence-electron chi connectivity index (χ4n) is 3.03. The number of nitrogens with zero attached hydrogens (tertiary/aromatic N) is 1. The highest BCUT2D eigenvalue weighted by Gasteiger charge is 2.14. The maximum Gasteiger partial charge on any atom is 0.224 e. The van der Waals surface area contributed by atoms with Gasteiger partial charge in [0, 0.05) is 24.5 Å². The van der Waals surface area contributed by atoms with E-state index in [-0.39, 0.29) is 18.0 Å². The smallest absolute Gasteiger partial charge is 0.224 e. The van der Waals surface area contributed by atoms with Crippen LogP contribution in [-0.2, 0) is 11.2 Å². The van der Waals surface area contributed by atoms with Crippen LogP contribution in [0.25, 0.3) is 5.69 Å². The minimum absolute atomic E-state index is 0.145. The Morgan fingerprint density at radius 1 is 1.00 bits per heavy atom. The minimum Gasteiger partial charge on any atom is -0.493 e. The number of carbonyl (C=O) groups is 1. The molecule has 0 spiro atoms. The molecule has 3 aromatic rings. The molecule has 0 aliphatic carbocycles. The highest BCUT2D eigenvalue weighted by molar-refractivity contribution is 5.91. The molecule has 0 aliphatic rings. The fourth-order valence-corrected chi connectivity index (χ4v) is 3.03. The highest BCUT2D eigenvalue weighted by Crippen LogP contribution is 2.38. The molecule has 0 radical (unpaired) electrons. The molecule has 29 heavy (non-hydrogen) atoms. The zero-order chi connectivity index (χ0) is 20.8. The molecule has 0 unspecified atom stereocenters. The number of halogens is 1. The summed E-state index contributed by atoms with van der Waals surface area (Å²) in [4.78, 5) is 12.4. The lowest BCUT2D eigenvalue weighted by molar-refractivity contribution is -0.116. The molecule has 0 fully saturated rings. The number of aryl methyl sites for hydroxylation is 1. The summed E-state index contributed by atoms with van der Waals surface area (Å²) < 4.78 is 31.9. The third-order valence-electron chi connectivity index (χ3n) is 4.49. The lowest BCUT2D eigenvalue weighted by Gasteiger charge is -2.14. The van der Waals surface area contributed by atoms with Crippen LogP contribution < -0.4 is 19.5 Å². The normalized spacial score (nSPS) is 10.5. The molecule has 1 heterocycles. The average molecular weight is 398 g/mol. The first-order chi connectivity index (χ1) is 14.0. The van der Waals surface area contributed by atoms with E-state index in [2.05, 4.69) is 5.32 Å². The van der Waals surface area contributed by atoms with Gasteiger partial charge >= 0.3 is 0 Å². The van der Waals surface area contributed by atoms with Gasteiger partial charge in [0.1, 0.15) is 5.82 Å². The number of carbonyl (C=O) groups excluding carboxylic acids is 1. The quantitative estimate of drug-likeness (QED) is 0.617. The topological polar surface area (TPSA) is 61.7 Å². The molecule has 152 valence electrons. The first-order valence-corrected chi connectivity index (χ1v) is 9.07. The van der Waals surface area contributed by atoms with Crippen molar-refractivity contribution in [1.29, 1.82) is 0 Å². The van der Waals surface area contributed by atoms with E-state index in [1.165, 1.54) is 27.4 Å². The molecule has 0 saturated carbocycles. The summed E-state index contributed by atoms with van der Waals surface area (Å²) in [6, 6.07) is 11.9. The van der Waals surface area contributed by atoms with Crippen LogP contribution in [0.5, 0.6) is 17.2 Å². The highest BCUT2D eigenvalue weighted by atomic mass is 19.1. The van der Waals surface area contributed by atoms with Gasteiger partial charge in [-0.05, 0) is 54.4 Å². The number of methoxy groups -OCH3 is 3. The van der Waals surface area contributed by atoms with Crippen LogP contribution in [0.3, 0.4) is 0 Å². The first-order valence-electron chi connectivity index (χ1n) is 9.07. The lowest BCUT2D eigenvalue weighted by Crippen LogP contribution is -2.14. The first kappa shape index (κ1) is 20.3. The zero-order valence-corrected chi connectivity index (χ0v) is 16.6. The lowest BCUT2D eigenvalue weighted by atomic mass is 10.1. The number of nitrogens with one attached hydrogen (secondary N) is 1. The molecule has 1 amide bonds. The van der Waals surface area contributed by atoms with Gasteiger partial charge < -0.3 is 24.1 Å². The molecule has 0 saturated heterocycles. The van der Waals surface area contributed by atoms with Crippen molar-refractivity contribution in [2.45, 2.75) is 12.8 Å². The van der Waals surface area contributed by atoms with Crippen molar-refractivity contribution in [2.24, 2.45) is 0 Å². The Balaban J connectivity index is 1.70. The van der Waals surface area contributed by atoms with Gasteiger partial charge in [-0.3, -0.25) is 4.79 Å². The molecule has 7 heteroatoms. The van der Waals surface area contributed by atoms with Gasteiger partial charge in [0.05, 0.1) is 27.0 Å². The van der Waals surface area contributed by atoms with Crippen molar-refractivity contribution in [3.63, 3.8) is 0 Å². The third kappa shape index (κ3) is 4.68. The standard InChI is InChI=1S/C22H23FN2O4/c1-27-19-12-15(13-20(28-2)22(19)29-3)6-9-21(26)24-18-14-16(7-8-17(18)23)25-10-4-5-11-25/h4-5,7-8,10-14H,6,9H2,1-3H3,(H,24,26). The van der Waals surface area contributed by atoms with Crippen LogP contribution in [0.4, 0.5) is 10.1 Å². The Morgan fingerprint density at radius 3 is 2.24 bits per heavy atom. The predicted octanol–water partition coefficient (Wildman–Crippen LogP) is 4.21. The van der Waals surface area contributed by atoms with Crippen molar-refractivity contribution in [1.82, 2.24) is 4.57 Å². The molecule has 1 aromatic heterocycles. The largest absolute Gasteiger partial charge is 0.493 e. The Labute approximate surface area is 168 Å². The number of hydrogen-bond donors (Lipinski definition) is 1. The summed E-state index contributed by atoms with van der Waals surface area (Å²) in [7, 11) is 4.60. The predicted molar refractivity (Wildman–Crippen MR) is 109 cm³/mol. The second-order valence-electron chi connectivity index (χ2n) is 6.34. The van der Waals surface area contributed by atoms with Crippen LogP contribution >= 0.6 is 0 Å². The summed E-state index contributed by atoms with van der Waals surface area (Å²) in [5.41, 5.74) is 1.75. The van der Waals surface area contributed by atoms with Gasteiger partial charge in [0.25, 0.3) is 0 Å². The summed E-state index contributed by atoms with van der Waals surface area (Å²) in [5.74, 6) is 0.761. The SMILES string of the molecule is COc1cc(CCC(=O)Nc2cc(-n3cccc3)ccc2F)cc(OC)c1OC. The van der Waals surface area contributed by atoms with E-state index in [1.54, 1.807) is 24.3 Å². The van der Waals surface area contributed by atoms with Crippen molar-refractivity contribution in [3.05, 3.63) is 66.2 Å². The van der Waals surface area contributed by atoms with Crippen molar-refractivity contribution >= 4 is 11.6 Å². The monoisotopic (exact) mass is 398 g/mol. The fraction of sp³-hybridized carbons (Fsp3) is 0.227. The Hall–Kier alpha value is -3.48. The van der Waals surface area contributed by atoms with E-state index >= 15 is 0 Å². The zero-order valence-electron chi connectivity index (χ0n) is 16.6. The number of benzene rings is 2. The maximum atomic E-state index is 14.1. The van der Waals surface area contributed by atoms with E-state index in [0.717, 1.165) is 11.3 Å². The Bertz CT molecular complexity index is 961. The molecule has 0 atom stereocenters. The second kappa shape index (κ2) is 9.14. The number of amides is 1. The van der Waals surface area contributed by atoms with E-state index in [4.69, 9.17) is 14.2 Å². The molecular formula is C22H23FN2O4. The Morgan fingerprint density at radius 2 is 1.66 bits per heavy atom. The molecule has 0 bridgehead atoms. The van der Waals surface area contributed by atoms with E-state index in [9.17, 15) is 9.18 Å². The van der Waals surface area contributed by atoms with Crippen molar-refractivity contribution in [2.75, 3.05) is 26.6 Å². The maximum absolute atomic E-state index is 14.1. The molecule has 2 aromatic carbocycles. The molecule has 0 aliphatic heterocycles. The van der Waals surface area contributed by atoms with Crippen molar-refractivity contribution in [3.8, 4) is 22.9 Å². The van der Waals surface area contributed by atoms with Gasteiger partial charge in [-0.15, -0.1) is 0 Å². The molecule has 1 N–H and O–H groups in total.